The predicted octanol–water partition coefficient (Wildman–Crippen LogP) is 4.10. The maximum atomic E-state index is 14.9. The maximum absolute atomic E-state index is 14.9. The van der Waals surface area contributed by atoms with Crippen molar-refractivity contribution in [2.75, 3.05) is 54.3 Å². The topological polar surface area (TPSA) is 254 Å². The summed E-state index contributed by atoms with van der Waals surface area (Å²) in [5.41, 5.74) is -2.48. The highest BCUT2D eigenvalue weighted by Gasteiger charge is 2.53. The second-order valence-corrected chi connectivity index (χ2v) is 25.1. The average molecular weight is 1110 g/mol. The number of allylic oxidation sites excluding steroid dienone is 1. The van der Waals surface area contributed by atoms with Crippen molar-refractivity contribution < 1.29 is 76.3 Å². The first kappa shape index (κ1) is 64.7. The van der Waals surface area contributed by atoms with Crippen LogP contribution in [0.25, 0.3) is 0 Å². The lowest BCUT2D eigenvalue weighted by atomic mass is 9.77. The third-order valence-corrected chi connectivity index (χ3v) is 17.2. The molecule has 5 N–H and O–H groups in total. The van der Waals surface area contributed by atoms with E-state index in [0.29, 0.717) is 43.6 Å². The molecule has 5 rings (SSSR count). The van der Waals surface area contributed by atoms with E-state index < -0.39 is 137 Å². The number of cyclic esters (lactones) is 1. The number of sulfone groups is 1. The predicted molar refractivity (Wildman–Crippen MR) is 286 cm³/mol. The number of methoxy groups -OCH3 is 2. The quantitative estimate of drug-likeness (QED) is 0.132. The summed E-state index contributed by atoms with van der Waals surface area (Å²) in [6.07, 6.45) is -5.21. The number of aliphatic hydroxyl groups excluding tert-OH is 3. The van der Waals surface area contributed by atoms with Crippen molar-refractivity contribution in [3.8, 4) is 0 Å². The minimum atomic E-state index is -3.25. The van der Waals surface area contributed by atoms with E-state index in [1.54, 1.807) is 60.7 Å². The fourth-order valence-corrected chi connectivity index (χ4v) is 12.2. The Labute approximate surface area is 456 Å². The summed E-state index contributed by atoms with van der Waals surface area (Å²) < 4.78 is 83.5. The van der Waals surface area contributed by atoms with Crippen molar-refractivity contribution in [1.82, 2.24) is 24.8 Å². The number of esters is 1. The first-order valence-electron chi connectivity index (χ1n) is 27.1. The van der Waals surface area contributed by atoms with Gasteiger partial charge in [-0.3, -0.25) is 4.79 Å². The van der Waals surface area contributed by atoms with Crippen molar-refractivity contribution in [3.05, 3.63) is 58.8 Å². The normalized spacial score (nSPS) is 38.5. The highest BCUT2D eigenvalue weighted by atomic mass is 32.2. The summed E-state index contributed by atoms with van der Waals surface area (Å²) in [6.45, 7) is 17.3. The van der Waals surface area contributed by atoms with E-state index in [1.807, 2.05) is 62.0 Å². The zero-order valence-electron chi connectivity index (χ0n) is 48.1. The van der Waals surface area contributed by atoms with Gasteiger partial charge in [0.05, 0.1) is 47.2 Å². The van der Waals surface area contributed by atoms with Crippen LogP contribution in [0.4, 0.5) is 4.39 Å². The van der Waals surface area contributed by atoms with Crippen molar-refractivity contribution >= 4 is 15.8 Å². The van der Waals surface area contributed by atoms with E-state index in [4.69, 9.17) is 33.2 Å². The summed E-state index contributed by atoms with van der Waals surface area (Å²) >= 11 is 0. The van der Waals surface area contributed by atoms with Crippen molar-refractivity contribution in [2.24, 2.45) is 17.8 Å². The Balaban J connectivity index is 1.41. The van der Waals surface area contributed by atoms with Crippen LogP contribution < -0.4 is 0 Å². The van der Waals surface area contributed by atoms with Crippen LogP contribution in [-0.2, 0) is 60.6 Å². The number of rotatable bonds is 18. The first-order valence-corrected chi connectivity index (χ1v) is 29.1. The Morgan fingerprint density at radius 1 is 0.987 bits per heavy atom. The molecule has 0 aliphatic carbocycles. The summed E-state index contributed by atoms with van der Waals surface area (Å²) in [6, 6.07) is 5.35. The van der Waals surface area contributed by atoms with Crippen LogP contribution in [0, 0.1) is 17.8 Å². The maximum Gasteiger partial charge on any atom is 0.311 e. The Morgan fingerprint density at radius 2 is 1.65 bits per heavy atom. The lowest BCUT2D eigenvalue weighted by molar-refractivity contribution is -0.318. The Hall–Kier alpha value is -3.07. The largest absolute Gasteiger partial charge is 0.459 e. The molecule has 440 valence electrons. The molecule has 0 amide bonds. The molecule has 3 aliphatic rings. The molecule has 20 atom stereocenters. The van der Waals surface area contributed by atoms with Gasteiger partial charge in [-0.2, -0.15) is 0 Å². The zero-order chi connectivity index (χ0) is 57.5. The number of likely N-dealkylation sites (N-methyl/N-ethyl adjacent to an activating group) is 2. The molecule has 3 fully saturated rings. The fourth-order valence-electron chi connectivity index (χ4n) is 11.7. The first-order chi connectivity index (χ1) is 35.9. The standard InChI is InChI=1S/C55H92FN5O15S/c1-16-43-55(10,67)48(63)36(6)60(12)30-32(2)27-53(8,66)50(34(4)46(35(5)51(65)74-43)75-44-28-54(9,71-14)49(64)37(7)73-44)76-52-45(62)41(26-33(3)72-52)59(11)24-23-40-31-61(58-57-40)42(29-56)47(70-13)39-21-19-38(20-22-39)18-17-25-77(15,68)69/h17,19-22,25,31-37,41-50,52,62-64,66-67H,16,18,23-24,26-30H2,1-15H3/b25-17-/t32-,33-,34+,35-,36-,37+,41+,42+,43-,44+,45-,46+,47-,48-,49+,50-,52+,53-,54-,55-/m1/s1. The Bertz CT molecular complexity index is 2310. The Kier molecular flexibility index (Phi) is 22.8. The monoisotopic (exact) mass is 1110 g/mol. The van der Waals surface area contributed by atoms with Gasteiger partial charge in [-0.25, -0.2) is 17.5 Å². The molecule has 77 heavy (non-hydrogen) atoms. The number of hydrogen-bond acceptors (Lipinski definition) is 19. The molecule has 1 aromatic heterocycles. The van der Waals surface area contributed by atoms with Crippen LogP contribution in [0.2, 0.25) is 0 Å². The number of benzene rings is 1. The Morgan fingerprint density at radius 3 is 2.25 bits per heavy atom. The summed E-state index contributed by atoms with van der Waals surface area (Å²) in [5.74, 6) is -2.93. The summed E-state index contributed by atoms with van der Waals surface area (Å²) in [7, 11) is 3.42. The minimum Gasteiger partial charge on any atom is -0.459 e. The van der Waals surface area contributed by atoms with Crippen LogP contribution in [0.5, 0.6) is 0 Å². The van der Waals surface area contributed by atoms with Gasteiger partial charge in [0, 0.05) is 76.0 Å². The number of aliphatic hydroxyl groups is 5. The van der Waals surface area contributed by atoms with E-state index in [-0.39, 0.29) is 25.2 Å². The number of carbonyl (C=O) groups excluding carboxylic acids is 1. The van der Waals surface area contributed by atoms with E-state index in [1.165, 1.54) is 25.8 Å². The smallest absolute Gasteiger partial charge is 0.311 e. The number of halogens is 1. The molecule has 22 heteroatoms. The molecule has 0 bridgehead atoms. The van der Waals surface area contributed by atoms with Crippen LogP contribution in [-0.4, -0.2) is 209 Å². The molecule has 4 heterocycles. The van der Waals surface area contributed by atoms with Gasteiger partial charge in [0.25, 0.3) is 0 Å². The lowest BCUT2D eigenvalue weighted by Crippen LogP contribution is -2.61. The number of nitrogens with zero attached hydrogens (tertiary/aromatic N) is 5. The average Bonchev–Trinajstić information content (AvgIpc) is 3.84. The second kappa shape index (κ2) is 27.1. The molecule has 0 spiro atoms. The molecule has 0 radical (unpaired) electrons. The molecule has 3 aliphatic heterocycles. The van der Waals surface area contributed by atoms with Gasteiger partial charge in [0.15, 0.2) is 22.4 Å². The highest BCUT2D eigenvalue weighted by Crippen LogP contribution is 2.41. The number of hydrogen-bond donors (Lipinski definition) is 5. The van der Waals surface area contributed by atoms with Crippen LogP contribution in [0.15, 0.2) is 41.9 Å². The van der Waals surface area contributed by atoms with Crippen molar-refractivity contribution in [2.45, 2.75) is 210 Å². The fraction of sp³-hybridized carbons (Fsp3) is 0.800. The van der Waals surface area contributed by atoms with Gasteiger partial charge in [-0.1, -0.05) is 56.3 Å². The van der Waals surface area contributed by atoms with E-state index in [0.717, 1.165) is 17.2 Å². The molecule has 1 aromatic carbocycles. The lowest BCUT2D eigenvalue weighted by Gasteiger charge is -2.49. The molecule has 0 unspecified atom stereocenters. The van der Waals surface area contributed by atoms with Crippen molar-refractivity contribution in [3.63, 3.8) is 0 Å². The van der Waals surface area contributed by atoms with Gasteiger partial charge in [-0.05, 0) is 105 Å². The van der Waals surface area contributed by atoms with Crippen LogP contribution >= 0.6 is 0 Å². The minimum absolute atomic E-state index is 0.0731. The van der Waals surface area contributed by atoms with Gasteiger partial charge >= 0.3 is 5.97 Å². The molecular weight excluding hydrogens is 1020 g/mol. The van der Waals surface area contributed by atoms with Crippen molar-refractivity contribution in [1.29, 1.82) is 0 Å². The van der Waals surface area contributed by atoms with Crippen LogP contribution in [0.3, 0.4) is 0 Å². The number of alkyl halides is 1. The van der Waals surface area contributed by atoms with E-state index >= 15 is 0 Å². The molecule has 2 aromatic rings. The SMILES string of the molecule is CC[C@H]1OC(=O)[C@H](C)[C@@H](O[C@H]2C[C@@](C)(OC)[C@@H](O)[C@H](C)O2)[C@H](C)[C@@H](O[C@@H]2O[C@H](C)C[C@H](N(C)CCc3cn([C@@H](CF)[C@H](OC)c4ccc(C/C=C\S(C)(=O)=O)cc4)nn3)[C@H]2O)[C@](C)(O)C[C@@H](C)CN(C)[C@H](C)[C@@H](O)[C@]1(C)O. The molecule has 0 saturated carbocycles. The third kappa shape index (κ3) is 16.1. The second-order valence-electron chi connectivity index (χ2n) is 23.1. The van der Waals surface area contributed by atoms with Gasteiger partial charge < -0.3 is 68.5 Å². The number of aromatic nitrogens is 3. The van der Waals surface area contributed by atoms with Crippen LogP contribution in [0.1, 0.15) is 124 Å². The molecular formula is C55H92FN5O15S. The summed E-state index contributed by atoms with van der Waals surface area (Å²) in [4.78, 5) is 18.4. The number of carbonyl (C=O) groups is 1. The van der Waals surface area contributed by atoms with E-state index in [2.05, 4.69) is 10.3 Å². The van der Waals surface area contributed by atoms with Gasteiger partial charge in [0.1, 0.15) is 48.8 Å². The van der Waals surface area contributed by atoms with Gasteiger partial charge in [0.2, 0.25) is 0 Å². The highest BCUT2D eigenvalue weighted by molar-refractivity contribution is 7.93. The van der Waals surface area contributed by atoms with E-state index in [9.17, 15) is 43.1 Å². The number of ether oxygens (including phenoxy) is 7. The third-order valence-electron chi connectivity index (χ3n) is 16.5. The zero-order valence-corrected chi connectivity index (χ0v) is 48.9. The summed E-state index contributed by atoms with van der Waals surface area (Å²) in [5, 5.41) is 69.7. The molecule has 20 nitrogen and oxygen atoms in total. The molecule has 3 saturated heterocycles. The van der Waals surface area contributed by atoms with Gasteiger partial charge in [-0.15, -0.1) is 5.10 Å².